The van der Waals surface area contributed by atoms with E-state index in [1.165, 1.54) is 0 Å². The molecule has 0 aliphatic rings. The molecule has 2 aromatic heterocycles. The van der Waals surface area contributed by atoms with Crippen molar-refractivity contribution in [1.82, 2.24) is 15.4 Å². The number of hydrogen-bond donors (Lipinski definition) is 2. The van der Waals surface area contributed by atoms with Crippen LogP contribution in [0.3, 0.4) is 0 Å². The van der Waals surface area contributed by atoms with Gasteiger partial charge >= 0.3 is 0 Å². The second kappa shape index (κ2) is 4.50. The second-order valence-electron chi connectivity index (χ2n) is 3.09. The van der Waals surface area contributed by atoms with Gasteiger partial charge in [0.15, 0.2) is 0 Å². The van der Waals surface area contributed by atoms with Crippen LogP contribution in [0, 0.1) is 0 Å². The predicted octanol–water partition coefficient (Wildman–Crippen LogP) is 0.747. The lowest BCUT2D eigenvalue weighted by molar-refractivity contribution is 0.0954. The lowest BCUT2D eigenvalue weighted by Gasteiger charge is -2.05. The van der Waals surface area contributed by atoms with Gasteiger partial charge in [0.25, 0.3) is 5.91 Å². The first-order valence-corrected chi connectivity index (χ1v) is 4.70. The van der Waals surface area contributed by atoms with Crippen LogP contribution in [-0.2, 0) is 0 Å². The van der Waals surface area contributed by atoms with Crippen LogP contribution < -0.4 is 11.3 Å². The van der Waals surface area contributed by atoms with E-state index in [-0.39, 0.29) is 5.91 Å². The Hall–Kier alpha value is -2.27. The van der Waals surface area contributed by atoms with Crippen LogP contribution in [0.25, 0.3) is 11.4 Å². The Morgan fingerprint density at radius 1 is 1.12 bits per heavy atom. The van der Waals surface area contributed by atoms with Crippen LogP contribution in [0.5, 0.6) is 0 Å². The zero-order chi connectivity index (χ0) is 11.4. The SMILES string of the molecule is NNC(=O)c1cccnc1-c1ccccn1. The Balaban J connectivity index is 2.53. The fourth-order valence-corrected chi connectivity index (χ4v) is 1.37. The number of carbonyl (C=O) groups excluding carboxylic acids is 1. The molecule has 80 valence electrons. The Bertz CT molecular complexity index is 498. The van der Waals surface area contributed by atoms with Gasteiger partial charge in [-0.15, -0.1) is 0 Å². The zero-order valence-corrected chi connectivity index (χ0v) is 8.42. The number of nitrogens with zero attached hydrogens (tertiary/aromatic N) is 2. The van der Waals surface area contributed by atoms with Crippen LogP contribution >= 0.6 is 0 Å². The summed E-state index contributed by atoms with van der Waals surface area (Å²) in [5.41, 5.74) is 3.65. The Morgan fingerprint density at radius 2 is 1.94 bits per heavy atom. The van der Waals surface area contributed by atoms with E-state index in [0.29, 0.717) is 17.0 Å². The molecule has 0 bridgehead atoms. The molecule has 0 saturated carbocycles. The number of amides is 1. The van der Waals surface area contributed by atoms with Crippen LogP contribution in [0.15, 0.2) is 42.7 Å². The molecule has 0 aliphatic carbocycles. The molecule has 1 amide bonds. The normalized spacial score (nSPS) is 9.81. The minimum Gasteiger partial charge on any atom is -0.290 e. The van der Waals surface area contributed by atoms with Gasteiger partial charge in [0, 0.05) is 12.4 Å². The summed E-state index contributed by atoms with van der Waals surface area (Å²) in [6, 6.07) is 8.75. The standard InChI is InChI=1S/C11H10N4O/c12-15-11(16)8-4-3-7-14-10(8)9-5-1-2-6-13-9/h1-7H,12H2,(H,15,16). The van der Waals surface area contributed by atoms with Gasteiger partial charge < -0.3 is 0 Å². The number of aromatic nitrogens is 2. The molecule has 0 aliphatic heterocycles. The maximum Gasteiger partial charge on any atom is 0.267 e. The first-order chi connectivity index (χ1) is 7.83. The summed E-state index contributed by atoms with van der Waals surface area (Å²) < 4.78 is 0. The van der Waals surface area contributed by atoms with Gasteiger partial charge in [-0.1, -0.05) is 6.07 Å². The summed E-state index contributed by atoms with van der Waals surface area (Å²) in [7, 11) is 0. The van der Waals surface area contributed by atoms with Crippen molar-refractivity contribution in [2.24, 2.45) is 5.84 Å². The third kappa shape index (κ3) is 1.89. The third-order valence-corrected chi connectivity index (χ3v) is 2.09. The summed E-state index contributed by atoms with van der Waals surface area (Å²) >= 11 is 0. The van der Waals surface area contributed by atoms with Crippen LogP contribution in [0.1, 0.15) is 10.4 Å². The van der Waals surface area contributed by atoms with Crippen molar-refractivity contribution in [2.75, 3.05) is 0 Å². The first kappa shape index (κ1) is 10.3. The van der Waals surface area contributed by atoms with Gasteiger partial charge in [-0.3, -0.25) is 20.2 Å². The van der Waals surface area contributed by atoms with Crippen molar-refractivity contribution in [3.05, 3.63) is 48.3 Å². The monoisotopic (exact) mass is 214 g/mol. The van der Waals surface area contributed by atoms with Gasteiger partial charge in [0.2, 0.25) is 0 Å². The molecule has 2 rings (SSSR count). The average Bonchev–Trinajstić information content (AvgIpc) is 2.39. The highest BCUT2D eigenvalue weighted by Gasteiger charge is 2.12. The van der Waals surface area contributed by atoms with E-state index in [1.54, 1.807) is 36.7 Å². The Labute approximate surface area is 92.3 Å². The van der Waals surface area contributed by atoms with E-state index >= 15 is 0 Å². The summed E-state index contributed by atoms with van der Waals surface area (Å²) in [6.07, 6.45) is 3.26. The molecule has 0 radical (unpaired) electrons. The molecular weight excluding hydrogens is 204 g/mol. The van der Waals surface area contributed by atoms with E-state index in [4.69, 9.17) is 5.84 Å². The molecule has 2 aromatic rings. The largest absolute Gasteiger partial charge is 0.290 e. The third-order valence-electron chi connectivity index (χ3n) is 2.09. The first-order valence-electron chi connectivity index (χ1n) is 4.70. The molecule has 0 unspecified atom stereocenters. The molecule has 0 fully saturated rings. The summed E-state index contributed by atoms with van der Waals surface area (Å²) in [4.78, 5) is 19.8. The van der Waals surface area contributed by atoms with E-state index in [2.05, 4.69) is 15.4 Å². The smallest absolute Gasteiger partial charge is 0.267 e. The van der Waals surface area contributed by atoms with E-state index in [9.17, 15) is 4.79 Å². The van der Waals surface area contributed by atoms with Crippen molar-refractivity contribution >= 4 is 5.91 Å². The van der Waals surface area contributed by atoms with Gasteiger partial charge in [-0.25, -0.2) is 5.84 Å². The highest BCUT2D eigenvalue weighted by molar-refractivity contribution is 5.99. The predicted molar refractivity (Wildman–Crippen MR) is 59.1 cm³/mol. The average molecular weight is 214 g/mol. The van der Waals surface area contributed by atoms with Crippen LogP contribution in [0.4, 0.5) is 0 Å². The van der Waals surface area contributed by atoms with Crippen molar-refractivity contribution in [1.29, 1.82) is 0 Å². The van der Waals surface area contributed by atoms with Crippen molar-refractivity contribution < 1.29 is 4.79 Å². The van der Waals surface area contributed by atoms with Gasteiger partial charge in [0.1, 0.15) is 5.69 Å². The number of carbonyl (C=O) groups is 1. The molecule has 3 N–H and O–H groups in total. The minimum atomic E-state index is -0.381. The maximum absolute atomic E-state index is 11.5. The fraction of sp³-hybridized carbons (Fsp3) is 0. The zero-order valence-electron chi connectivity index (χ0n) is 8.42. The minimum absolute atomic E-state index is 0.381. The molecule has 16 heavy (non-hydrogen) atoms. The quantitative estimate of drug-likeness (QED) is 0.439. The summed E-state index contributed by atoms with van der Waals surface area (Å²) in [5, 5.41) is 0. The molecular formula is C11H10N4O. The summed E-state index contributed by atoms with van der Waals surface area (Å²) in [5.74, 6) is 4.72. The van der Waals surface area contributed by atoms with Crippen molar-refractivity contribution in [2.45, 2.75) is 0 Å². The lowest BCUT2D eigenvalue weighted by atomic mass is 10.1. The fourth-order valence-electron chi connectivity index (χ4n) is 1.37. The highest BCUT2D eigenvalue weighted by atomic mass is 16.2. The molecule has 0 aromatic carbocycles. The van der Waals surface area contributed by atoms with E-state index < -0.39 is 0 Å². The topological polar surface area (TPSA) is 80.9 Å². The van der Waals surface area contributed by atoms with Crippen LogP contribution in [0.2, 0.25) is 0 Å². The number of nitrogen functional groups attached to an aromatic ring is 1. The molecule has 0 spiro atoms. The molecule has 5 nitrogen and oxygen atoms in total. The number of pyridine rings is 2. The van der Waals surface area contributed by atoms with Crippen LogP contribution in [-0.4, -0.2) is 15.9 Å². The Morgan fingerprint density at radius 3 is 2.62 bits per heavy atom. The highest BCUT2D eigenvalue weighted by Crippen LogP contribution is 2.17. The van der Waals surface area contributed by atoms with E-state index in [1.807, 2.05) is 6.07 Å². The van der Waals surface area contributed by atoms with Gasteiger partial charge in [0.05, 0.1) is 11.3 Å². The molecule has 2 heterocycles. The molecule has 5 heteroatoms. The van der Waals surface area contributed by atoms with Gasteiger partial charge in [-0.2, -0.15) is 0 Å². The van der Waals surface area contributed by atoms with E-state index in [0.717, 1.165) is 0 Å². The second-order valence-corrected chi connectivity index (χ2v) is 3.09. The number of hydrogen-bond acceptors (Lipinski definition) is 4. The molecule has 0 atom stereocenters. The van der Waals surface area contributed by atoms with Gasteiger partial charge in [-0.05, 0) is 24.3 Å². The number of hydrazine groups is 1. The number of rotatable bonds is 2. The van der Waals surface area contributed by atoms with Crippen molar-refractivity contribution in [3.63, 3.8) is 0 Å². The van der Waals surface area contributed by atoms with Crippen molar-refractivity contribution in [3.8, 4) is 11.4 Å². The molecule has 0 saturated heterocycles. The number of nitrogens with one attached hydrogen (secondary N) is 1. The lowest BCUT2D eigenvalue weighted by Crippen LogP contribution is -2.30. The number of nitrogens with two attached hydrogens (primary N) is 1. The Kier molecular flexibility index (Phi) is 2.88. The maximum atomic E-state index is 11.5. The summed E-state index contributed by atoms with van der Waals surface area (Å²) in [6.45, 7) is 0.